The van der Waals surface area contributed by atoms with E-state index in [1.165, 1.54) is 32.2 Å². The predicted octanol–water partition coefficient (Wildman–Crippen LogP) is 1.38. The number of anilines is 1. The van der Waals surface area contributed by atoms with Gasteiger partial charge >= 0.3 is 12.6 Å². The molecule has 0 heterocycles. The lowest BCUT2D eigenvalue weighted by atomic mass is 10.2. The van der Waals surface area contributed by atoms with Gasteiger partial charge in [-0.05, 0) is 12.1 Å². The Morgan fingerprint density at radius 2 is 1.95 bits per heavy atom. The first-order valence-corrected chi connectivity index (χ1v) is 6.06. The van der Waals surface area contributed by atoms with Crippen molar-refractivity contribution < 1.29 is 27.8 Å². The molecule has 1 aromatic rings. The third-order valence-electron chi connectivity index (χ3n) is 2.46. The fraction of sp³-hybridized carbons (Fsp3) is 0.385. The van der Waals surface area contributed by atoms with E-state index >= 15 is 0 Å². The van der Waals surface area contributed by atoms with Crippen molar-refractivity contribution in [2.24, 2.45) is 0 Å². The molecule has 0 aliphatic heterocycles. The summed E-state index contributed by atoms with van der Waals surface area (Å²) in [6.45, 7) is -1.74. The molecule has 8 heteroatoms. The summed E-state index contributed by atoms with van der Waals surface area (Å²) >= 11 is 0. The summed E-state index contributed by atoms with van der Waals surface area (Å²) in [5.74, 6) is -1.12. The maximum Gasteiger partial charge on any atom is 0.387 e. The molecule has 0 radical (unpaired) electrons. The Morgan fingerprint density at radius 3 is 2.52 bits per heavy atom. The van der Waals surface area contributed by atoms with E-state index in [0.29, 0.717) is 0 Å². The Kier molecular flexibility index (Phi) is 6.38. The fourth-order valence-electron chi connectivity index (χ4n) is 1.60. The summed E-state index contributed by atoms with van der Waals surface area (Å²) in [7, 11) is 1.19. The summed E-state index contributed by atoms with van der Waals surface area (Å²) < 4.78 is 33.4. The Morgan fingerprint density at radius 1 is 1.29 bits per heavy atom. The number of ether oxygens (including phenoxy) is 2. The molecular formula is C13H16F2N2O4. The third-order valence-corrected chi connectivity index (χ3v) is 2.46. The maximum atomic E-state index is 12.3. The topological polar surface area (TPSA) is 76.7 Å². The minimum absolute atomic E-state index is 0.0319. The molecule has 0 bridgehead atoms. The van der Waals surface area contributed by atoms with Gasteiger partial charge in [-0.3, -0.25) is 4.79 Å². The first-order valence-electron chi connectivity index (χ1n) is 6.06. The average molecular weight is 302 g/mol. The Labute approximate surface area is 120 Å². The van der Waals surface area contributed by atoms with Crippen molar-refractivity contribution in [1.82, 2.24) is 5.32 Å². The van der Waals surface area contributed by atoms with Crippen molar-refractivity contribution in [2.75, 3.05) is 19.0 Å². The average Bonchev–Trinajstić information content (AvgIpc) is 2.43. The number of hydrogen-bond donors (Lipinski definition) is 2. The van der Waals surface area contributed by atoms with E-state index in [0.717, 1.165) is 0 Å². The highest BCUT2D eigenvalue weighted by molar-refractivity contribution is 5.83. The fourth-order valence-corrected chi connectivity index (χ4v) is 1.60. The van der Waals surface area contributed by atoms with E-state index in [9.17, 15) is 18.4 Å². The minimum atomic E-state index is -2.96. The van der Waals surface area contributed by atoms with Gasteiger partial charge in [0.05, 0.1) is 12.8 Å². The van der Waals surface area contributed by atoms with Gasteiger partial charge in [-0.25, -0.2) is 4.79 Å². The minimum Gasteiger partial charge on any atom is -0.467 e. The normalized spacial score (nSPS) is 11.7. The second kappa shape index (κ2) is 8.03. The molecule has 1 amide bonds. The van der Waals surface area contributed by atoms with Crippen molar-refractivity contribution in [3.05, 3.63) is 24.3 Å². The van der Waals surface area contributed by atoms with Crippen molar-refractivity contribution in [3.8, 4) is 5.75 Å². The van der Waals surface area contributed by atoms with Gasteiger partial charge in [-0.15, -0.1) is 0 Å². The van der Waals surface area contributed by atoms with E-state index in [4.69, 9.17) is 0 Å². The summed E-state index contributed by atoms with van der Waals surface area (Å²) in [4.78, 5) is 22.5. The van der Waals surface area contributed by atoms with Crippen LogP contribution < -0.4 is 15.4 Å². The number of halogens is 2. The number of carbonyl (C=O) groups excluding carboxylic acids is 2. The summed E-state index contributed by atoms with van der Waals surface area (Å²) in [6.07, 6.45) is 0. The largest absolute Gasteiger partial charge is 0.467 e. The maximum absolute atomic E-state index is 12.3. The number of amides is 1. The molecule has 1 rings (SSSR count). The van der Waals surface area contributed by atoms with Crippen LogP contribution in [-0.4, -0.2) is 38.2 Å². The Bertz CT molecular complexity index is 497. The standard InChI is InChI=1S/C13H16F2N2O4/c1-8(18)17-10(12(19)20-2)7-16-9-5-3-4-6-11(9)21-13(14)15/h3-6,10,13,16H,7H2,1-2H3,(H,17,18). The van der Waals surface area contributed by atoms with Crippen LogP contribution in [0, 0.1) is 0 Å². The van der Waals surface area contributed by atoms with Gasteiger partial charge in [-0.2, -0.15) is 8.78 Å². The number of nitrogens with one attached hydrogen (secondary N) is 2. The lowest BCUT2D eigenvalue weighted by Crippen LogP contribution is -2.45. The van der Waals surface area contributed by atoms with E-state index < -0.39 is 24.5 Å². The molecule has 2 N–H and O–H groups in total. The van der Waals surface area contributed by atoms with Crippen LogP contribution in [0.3, 0.4) is 0 Å². The van der Waals surface area contributed by atoms with E-state index in [2.05, 4.69) is 20.1 Å². The summed E-state index contributed by atoms with van der Waals surface area (Å²) in [6, 6.07) is 5.09. The van der Waals surface area contributed by atoms with Crippen LogP contribution in [-0.2, 0) is 14.3 Å². The molecular weight excluding hydrogens is 286 g/mol. The highest BCUT2D eigenvalue weighted by Crippen LogP contribution is 2.25. The first kappa shape index (κ1) is 16.7. The third kappa shape index (κ3) is 5.64. The van der Waals surface area contributed by atoms with E-state index in [1.54, 1.807) is 6.07 Å². The number of benzene rings is 1. The second-order valence-electron chi connectivity index (χ2n) is 4.03. The molecule has 6 nitrogen and oxygen atoms in total. The SMILES string of the molecule is COC(=O)C(CNc1ccccc1OC(F)F)NC(C)=O. The lowest BCUT2D eigenvalue weighted by molar-refractivity contribution is -0.144. The van der Waals surface area contributed by atoms with Crippen molar-refractivity contribution >= 4 is 17.6 Å². The number of rotatable bonds is 7. The smallest absolute Gasteiger partial charge is 0.387 e. The quantitative estimate of drug-likeness (QED) is 0.744. The molecule has 0 spiro atoms. The van der Waals surface area contributed by atoms with Crippen LogP contribution in [0.2, 0.25) is 0 Å². The monoisotopic (exact) mass is 302 g/mol. The number of methoxy groups -OCH3 is 1. The predicted molar refractivity (Wildman–Crippen MR) is 71.2 cm³/mol. The molecule has 1 atom stereocenters. The van der Waals surface area contributed by atoms with Gasteiger partial charge in [0.1, 0.15) is 11.8 Å². The number of hydrogen-bond acceptors (Lipinski definition) is 5. The molecule has 0 aromatic heterocycles. The van der Waals surface area contributed by atoms with Gasteiger partial charge < -0.3 is 20.1 Å². The van der Waals surface area contributed by atoms with Crippen LogP contribution in [0.1, 0.15) is 6.92 Å². The Hall–Kier alpha value is -2.38. The Balaban J connectivity index is 2.75. The number of carbonyl (C=O) groups is 2. The zero-order valence-electron chi connectivity index (χ0n) is 11.6. The number of para-hydroxylation sites is 2. The molecule has 1 unspecified atom stereocenters. The van der Waals surface area contributed by atoms with Crippen LogP contribution in [0.4, 0.5) is 14.5 Å². The number of alkyl halides is 2. The van der Waals surface area contributed by atoms with Gasteiger partial charge in [0.25, 0.3) is 0 Å². The molecule has 116 valence electrons. The van der Waals surface area contributed by atoms with Gasteiger partial charge in [0.2, 0.25) is 5.91 Å². The van der Waals surface area contributed by atoms with Gasteiger partial charge in [-0.1, -0.05) is 12.1 Å². The second-order valence-corrected chi connectivity index (χ2v) is 4.03. The zero-order chi connectivity index (χ0) is 15.8. The molecule has 0 fully saturated rings. The molecule has 0 aliphatic rings. The molecule has 21 heavy (non-hydrogen) atoms. The van der Waals surface area contributed by atoms with Crippen LogP contribution >= 0.6 is 0 Å². The summed E-state index contributed by atoms with van der Waals surface area (Å²) in [5.41, 5.74) is 0.275. The van der Waals surface area contributed by atoms with Crippen molar-refractivity contribution in [3.63, 3.8) is 0 Å². The lowest BCUT2D eigenvalue weighted by Gasteiger charge is -2.18. The molecule has 1 aromatic carbocycles. The van der Waals surface area contributed by atoms with Crippen LogP contribution in [0.15, 0.2) is 24.3 Å². The van der Waals surface area contributed by atoms with Gasteiger partial charge in [0.15, 0.2) is 0 Å². The summed E-state index contributed by atoms with van der Waals surface area (Å²) in [5, 5.41) is 5.16. The first-order chi connectivity index (χ1) is 9.93. The van der Waals surface area contributed by atoms with Crippen molar-refractivity contribution in [2.45, 2.75) is 19.6 Å². The van der Waals surface area contributed by atoms with Crippen LogP contribution in [0.25, 0.3) is 0 Å². The van der Waals surface area contributed by atoms with Gasteiger partial charge in [0, 0.05) is 13.5 Å². The van der Waals surface area contributed by atoms with Crippen molar-refractivity contribution in [1.29, 1.82) is 0 Å². The molecule has 0 saturated carbocycles. The van der Waals surface area contributed by atoms with E-state index in [1.807, 2.05) is 0 Å². The molecule has 0 aliphatic carbocycles. The molecule has 0 saturated heterocycles. The highest BCUT2D eigenvalue weighted by atomic mass is 19.3. The zero-order valence-corrected chi connectivity index (χ0v) is 11.6. The van der Waals surface area contributed by atoms with Crippen LogP contribution in [0.5, 0.6) is 5.75 Å². The highest BCUT2D eigenvalue weighted by Gasteiger charge is 2.20. The number of esters is 1. The van der Waals surface area contributed by atoms with E-state index in [-0.39, 0.29) is 18.0 Å².